The molecule has 9 atom stereocenters. The van der Waals surface area contributed by atoms with Gasteiger partial charge in [-0.1, -0.05) is 205 Å². The van der Waals surface area contributed by atoms with Crippen LogP contribution < -0.4 is 45.9 Å². The van der Waals surface area contributed by atoms with Gasteiger partial charge >= 0.3 is 60.6 Å². The first-order valence-corrected chi connectivity index (χ1v) is 53.0. The smallest absolute Gasteiger partial charge is 0.870 e. The number of carboxylic acids is 3. The Morgan fingerprint density at radius 1 is 0.420 bits per heavy atom. The summed E-state index contributed by atoms with van der Waals surface area (Å²) in [6.07, 6.45) is 35.4. The maximum atomic E-state index is 13.9. The minimum absolute atomic E-state index is 0. The first-order valence-electron chi connectivity index (χ1n) is 51.4. The summed E-state index contributed by atoms with van der Waals surface area (Å²) in [4.78, 5) is 176. The number of carbonyl (C=O) groups is 13. The fourth-order valence-electron chi connectivity index (χ4n) is 25.2. The molecule has 12 aliphatic rings. The number of carbonyl (C=O) groups excluding carboxylic acids is 10. The third-order valence-electron chi connectivity index (χ3n) is 32.6. The molecule has 0 bridgehead atoms. The summed E-state index contributed by atoms with van der Waals surface area (Å²) in [5.41, 5.74) is 10.2. The number of halogens is 7. The number of para-hydroxylation sites is 4. The molecule has 10 heterocycles. The number of methoxy groups -OCH3 is 4. The number of aromatic nitrogens is 4. The number of H-pyrrole nitrogens is 4. The van der Waals surface area contributed by atoms with Crippen LogP contribution in [0.15, 0.2) is 97.1 Å². The molecule has 6 aliphatic carbocycles. The number of hydrogen-bond acceptors (Lipinski definition) is 21. The van der Waals surface area contributed by atoms with Gasteiger partial charge in [0, 0.05) is 78.1 Å². The van der Waals surface area contributed by atoms with Crippen molar-refractivity contribution in [3.8, 4) is 0 Å². The van der Waals surface area contributed by atoms with Crippen molar-refractivity contribution >= 4 is 204 Å². The van der Waals surface area contributed by atoms with Crippen LogP contribution in [-0.4, -0.2) is 242 Å². The predicted molar refractivity (Wildman–Crippen MR) is 577 cm³/mol. The molecule has 4 aromatic heterocycles. The summed E-state index contributed by atoms with van der Waals surface area (Å²) in [7, 11) is 5.43. The van der Waals surface area contributed by atoms with Crippen molar-refractivity contribution in [2.45, 2.75) is 300 Å². The fraction of sp³-hybridized carbons (Fsp3) is 0.587. The Morgan fingerprint density at radius 3 is 1.10 bits per heavy atom. The number of rotatable bonds is 16. The zero-order valence-electron chi connectivity index (χ0n) is 87.1. The Kier molecular flexibility index (Phi) is 44.6. The number of nitrogens with one attached hydrogen (secondary N) is 8. The zero-order chi connectivity index (χ0) is 104. The molecule has 5 amide bonds. The normalized spacial score (nSPS) is 23.2. The van der Waals surface area contributed by atoms with Gasteiger partial charge in [-0.15, -0.1) is 37.2 Å². The topological polar surface area (TPSA) is 497 Å². The van der Waals surface area contributed by atoms with Gasteiger partial charge in [0.1, 0.15) is 70.9 Å². The van der Waals surface area contributed by atoms with Crippen molar-refractivity contribution < 1.29 is 121 Å². The number of fused-ring (bicyclic) bond motifs is 4. The molecule has 5 spiro atoms. The van der Waals surface area contributed by atoms with Gasteiger partial charge in [-0.25, -0.2) is 19.2 Å². The summed E-state index contributed by atoms with van der Waals surface area (Å²) in [5, 5.41) is 44.9. The van der Waals surface area contributed by atoms with Crippen LogP contribution in [0.25, 0.3) is 43.6 Å². The minimum Gasteiger partial charge on any atom is -0.870 e. The molecule has 33 nitrogen and oxygen atoms in total. The molecule has 4 aromatic carbocycles. The molecule has 150 heavy (non-hydrogen) atoms. The molecule has 41 heteroatoms. The number of carboxylic acid groups (broad SMARTS) is 3. The van der Waals surface area contributed by atoms with Crippen molar-refractivity contribution in [1.82, 2.24) is 55.9 Å². The summed E-state index contributed by atoms with van der Waals surface area (Å²) in [6.45, 7) is 11.6. The standard InChI is InChI=1S/C30H38ClN3O5.C20H23ClN2O3.C19H21ClN2O3.C11H19NO2.C10H18N2O3.C10H17NO2.C9H6ClNO2.3ClH.Li.H2O/c1-29(2)14-19(24(35)16-29)13-22(28(38)39-3)33-26(36)23-15-30(10-5-4-6-11-30)17-34(23)27(37)21-12-18-8-7-9-20(31)25(18)32-21;1-26-19(25)16-11-20(8-3-2-4-9-20)12-23(16)18(24)15-10-13-6-5-7-14(21)17(13)22-15;20-13-6-4-5-12-9-14(21-16(12)13)17(23)22-11-19(7-2-1-3-8-19)10-15(22)18(24)25;1-14-10(13)9-7-11(8-12-9)5-3-2-4-6-11;1-10(2)5-6(8(13)12-10)4-7(11)9(14)15-3;12-9(13)8-6-10(7-11-8)4-2-1-3-5-10;10-6-3-1-2-5-4-7(9(12)13)11-8(5)6;;;;;/h7-9,12,19,22-23,32H,4-6,10-11,13-17H2,1-3H3,(H,33,36);5-7,10,16,22H,2-4,8-9,11-12H2,1H3;4-6,9,15,21H,1-3,7-8,10-11H2,(H,24,25);9,12H,2-8H2,1H3;6-7H,4-5,11H2,1-3H3,(H,12,13);8,11H,1-7H2,(H,12,13);1-4,11H,(H,12,13);3*1H;;1H2/q;;;;;;;;;;+1;/p-1/t19-,22+,23?;;;;6-,7+;;;;;;;/m1...1......./s1. The van der Waals surface area contributed by atoms with E-state index in [1.165, 1.54) is 105 Å². The number of benzene rings is 4. The molecule has 0 radical (unpaired) electrons. The van der Waals surface area contributed by atoms with Gasteiger partial charge in [-0.2, -0.15) is 0 Å². The van der Waals surface area contributed by atoms with E-state index in [0.29, 0.717) is 129 Å². The van der Waals surface area contributed by atoms with Crippen LogP contribution in [0, 0.1) is 44.3 Å². The Balaban J connectivity index is 0.000000201. The molecule has 8 aromatic rings. The fourth-order valence-corrected chi connectivity index (χ4v) is 26.1. The number of nitrogens with zero attached hydrogens (tertiary/aromatic N) is 3. The summed E-state index contributed by atoms with van der Waals surface area (Å²) >= 11 is 24.6. The van der Waals surface area contributed by atoms with Gasteiger partial charge in [-0.05, 0) is 217 Å². The van der Waals surface area contributed by atoms with Gasteiger partial charge in [0.05, 0.1) is 70.6 Å². The number of hydrogen-bond donors (Lipinski definition) is 12. The molecule has 20 rings (SSSR count). The van der Waals surface area contributed by atoms with E-state index < -0.39 is 60.1 Å². The SMILES string of the molecule is COC(=O)C1CC2(CCCCC2)CN1.COC(=O)C1CC2(CCCCC2)CN1C(=O)c1cc2cccc(Cl)c2[nH]1.COC(=O)[C@@H](N)C[C@@H]1CC(C)(C)NC1=O.COC(=O)[C@H](C[C@@H]1CC(C)(C)CC1=O)NC(=O)C1CC2(CCCCC2)CN1C(=O)c1cc2cccc(Cl)c2[nH]1.Cl.Cl.Cl.O=C(O)C1CC2(CCCCC2)CN1.O=C(O)C1CC2(CCCCC2)CN1C(=O)c1cc2cccc(Cl)c2[nH]1.O=C(O)c1cc2cccc(Cl)c2[nH]1.[Li+].[OH-]. The van der Waals surface area contributed by atoms with Gasteiger partial charge in [0.2, 0.25) is 11.8 Å². The monoisotopic (exact) mass is 2210 g/mol. The molecule has 12 fully saturated rings. The van der Waals surface area contributed by atoms with Crippen LogP contribution in [0.5, 0.6) is 0 Å². The molecule has 6 saturated heterocycles. The number of aliphatic carboxylic acids is 2. The van der Waals surface area contributed by atoms with Gasteiger partial charge in [0.25, 0.3) is 17.7 Å². The quantitative estimate of drug-likeness (QED) is 0.0243. The summed E-state index contributed by atoms with van der Waals surface area (Å²) < 4.78 is 19.3. The van der Waals surface area contributed by atoms with Crippen LogP contribution in [0.4, 0.5) is 0 Å². The number of ketones is 1. The van der Waals surface area contributed by atoms with E-state index in [-0.39, 0.29) is 172 Å². The molecule has 6 saturated carbocycles. The third kappa shape index (κ3) is 29.9. The number of aromatic amines is 4. The molecule has 818 valence electrons. The third-order valence-corrected chi connectivity index (χ3v) is 33.9. The van der Waals surface area contributed by atoms with Crippen LogP contribution in [0.3, 0.4) is 0 Å². The van der Waals surface area contributed by atoms with Gasteiger partial charge in [-0.3, -0.25) is 43.2 Å². The Morgan fingerprint density at radius 2 is 0.767 bits per heavy atom. The van der Waals surface area contributed by atoms with Crippen LogP contribution >= 0.6 is 83.6 Å². The molecule has 14 N–H and O–H groups in total. The van der Waals surface area contributed by atoms with Crippen molar-refractivity contribution in [3.63, 3.8) is 0 Å². The number of likely N-dealkylation sites (tertiary alicyclic amines) is 3. The Bertz CT molecular complexity index is 6080. The average molecular weight is 2220 g/mol. The van der Waals surface area contributed by atoms with E-state index in [1.54, 1.807) is 63.2 Å². The molecular weight excluding hydrogens is 2070 g/mol. The largest absolute Gasteiger partial charge is 1.00 e. The number of esters is 4. The van der Waals surface area contributed by atoms with Gasteiger partial charge in [0.15, 0.2) is 0 Å². The minimum atomic E-state index is -0.979. The van der Waals surface area contributed by atoms with Crippen LogP contribution in [0.1, 0.15) is 294 Å². The zero-order valence-corrected chi connectivity index (χ0v) is 92.6. The van der Waals surface area contributed by atoms with Crippen LogP contribution in [-0.2, 0) is 62.1 Å². The van der Waals surface area contributed by atoms with E-state index in [2.05, 4.69) is 45.9 Å². The first kappa shape index (κ1) is 124. The van der Waals surface area contributed by atoms with Crippen molar-refractivity contribution in [3.05, 3.63) is 140 Å². The summed E-state index contributed by atoms with van der Waals surface area (Å²) in [5.74, 6) is -5.48. The van der Waals surface area contributed by atoms with E-state index in [4.69, 9.17) is 76.6 Å². The van der Waals surface area contributed by atoms with Crippen LogP contribution in [0.2, 0.25) is 20.1 Å². The molecular formula is C109H146Cl7LiN12O21. The van der Waals surface area contributed by atoms with Gasteiger partial charge < -0.3 is 101 Å². The number of aromatic carboxylic acids is 1. The summed E-state index contributed by atoms with van der Waals surface area (Å²) in [6, 6.07) is 24.8. The van der Waals surface area contributed by atoms with E-state index in [1.807, 2.05) is 76.2 Å². The van der Waals surface area contributed by atoms with E-state index in [0.717, 1.165) is 136 Å². The number of amides is 5. The molecule has 6 aliphatic heterocycles. The van der Waals surface area contributed by atoms with Crippen molar-refractivity contribution in [2.75, 3.05) is 61.2 Å². The second-order valence-electron chi connectivity index (χ2n) is 44.3. The number of nitrogens with two attached hydrogens (primary N) is 1. The maximum absolute atomic E-state index is 13.9. The second kappa shape index (κ2) is 53.8. The predicted octanol–water partition coefficient (Wildman–Crippen LogP) is 16.5. The first-order chi connectivity index (χ1) is 69.0. The number of Topliss-reactive ketones (excluding diaryl/α,β-unsaturated/α-hetero) is 1. The Hall–Kier alpha value is -9.18. The van der Waals surface area contributed by atoms with Crippen molar-refractivity contribution in [1.29, 1.82) is 0 Å². The van der Waals surface area contributed by atoms with Crippen molar-refractivity contribution in [2.24, 2.45) is 50.1 Å². The van der Waals surface area contributed by atoms with E-state index in [9.17, 15) is 67.4 Å². The maximum Gasteiger partial charge on any atom is 1.00 e. The number of ether oxygens (including phenoxy) is 4. The Labute approximate surface area is 925 Å². The second-order valence-corrected chi connectivity index (χ2v) is 45.9. The average Bonchev–Trinajstić information content (AvgIpc) is 1.61. The molecule has 5 unspecified atom stereocenters. The van der Waals surface area contributed by atoms with E-state index >= 15 is 0 Å².